The fourth-order valence-electron chi connectivity index (χ4n) is 6.75. The highest BCUT2D eigenvalue weighted by Gasteiger charge is 2.51. The second-order valence-corrected chi connectivity index (χ2v) is 17.3. The summed E-state index contributed by atoms with van der Waals surface area (Å²) in [5, 5.41) is 50.1. The zero-order chi connectivity index (χ0) is 44.3. The molecule has 13 nitrogen and oxygen atoms in total. The number of unbranched alkanes of at least 4 members (excludes halogenated alkanes) is 17. The molecule has 1 fully saturated rings. The molecule has 0 aromatic carbocycles. The third-order valence-corrected chi connectivity index (χ3v) is 11.4. The molecule has 0 aromatic heterocycles. The van der Waals surface area contributed by atoms with E-state index in [4.69, 9.17) is 18.5 Å². The van der Waals surface area contributed by atoms with E-state index in [9.17, 15) is 44.6 Å². The van der Waals surface area contributed by atoms with Gasteiger partial charge in [0, 0.05) is 12.8 Å². The third kappa shape index (κ3) is 28.4. The lowest BCUT2D eigenvalue weighted by Crippen LogP contribution is -2.64. The molecule has 1 aliphatic carbocycles. The first-order valence-electron chi connectivity index (χ1n) is 22.9. The lowest BCUT2D eigenvalue weighted by atomic mass is 9.85. The van der Waals surface area contributed by atoms with Crippen LogP contribution in [0.5, 0.6) is 0 Å². The van der Waals surface area contributed by atoms with E-state index in [0.29, 0.717) is 12.8 Å². The Labute approximate surface area is 360 Å². The van der Waals surface area contributed by atoms with Gasteiger partial charge in [-0.2, -0.15) is 0 Å². The van der Waals surface area contributed by atoms with E-state index in [1.807, 2.05) is 0 Å². The third-order valence-electron chi connectivity index (χ3n) is 10.4. The fourth-order valence-corrected chi connectivity index (χ4v) is 7.72. The molecule has 1 saturated carbocycles. The largest absolute Gasteiger partial charge is 0.472 e. The maximum absolute atomic E-state index is 12.8. The number of esters is 2. The highest BCUT2D eigenvalue weighted by atomic mass is 31.2. The Hall–Kier alpha value is -2.19. The lowest BCUT2D eigenvalue weighted by molar-refractivity contribution is -0.220. The van der Waals surface area contributed by atoms with Gasteiger partial charge in [-0.25, -0.2) is 4.57 Å². The minimum atomic E-state index is -5.12. The highest BCUT2D eigenvalue weighted by Crippen LogP contribution is 2.47. The van der Waals surface area contributed by atoms with Crippen molar-refractivity contribution >= 4 is 19.8 Å². The average Bonchev–Trinajstić information content (AvgIpc) is 3.23. The number of hydrogen-bond donors (Lipinski definition) is 6. The van der Waals surface area contributed by atoms with Crippen molar-refractivity contribution in [2.75, 3.05) is 13.2 Å². The van der Waals surface area contributed by atoms with Gasteiger partial charge in [0.25, 0.3) is 0 Å². The Morgan fingerprint density at radius 1 is 0.533 bits per heavy atom. The summed E-state index contributed by atoms with van der Waals surface area (Å²) in [7, 11) is -5.12. The van der Waals surface area contributed by atoms with Gasteiger partial charge in [-0.1, -0.05) is 159 Å². The number of phosphoric acid groups is 1. The van der Waals surface area contributed by atoms with E-state index in [1.165, 1.54) is 44.9 Å². The van der Waals surface area contributed by atoms with Gasteiger partial charge in [-0.15, -0.1) is 0 Å². The van der Waals surface area contributed by atoms with Crippen molar-refractivity contribution in [2.45, 2.75) is 217 Å². The predicted molar refractivity (Wildman–Crippen MR) is 235 cm³/mol. The molecule has 6 atom stereocenters. The van der Waals surface area contributed by atoms with Crippen LogP contribution >= 0.6 is 7.82 Å². The van der Waals surface area contributed by atoms with Gasteiger partial charge >= 0.3 is 19.8 Å². The summed E-state index contributed by atoms with van der Waals surface area (Å²) in [6.07, 6.45) is 28.9. The molecule has 0 radical (unpaired) electrons. The number of carbonyl (C=O) groups excluding carboxylic acids is 2. The number of hydrogen-bond acceptors (Lipinski definition) is 12. The molecule has 0 saturated heterocycles. The van der Waals surface area contributed by atoms with Crippen LogP contribution in [0.3, 0.4) is 0 Å². The van der Waals surface area contributed by atoms with Crippen molar-refractivity contribution in [1.29, 1.82) is 0 Å². The van der Waals surface area contributed by atoms with Gasteiger partial charge in [0.2, 0.25) is 0 Å². The zero-order valence-electron chi connectivity index (χ0n) is 36.7. The maximum Gasteiger partial charge on any atom is 0.472 e. The maximum atomic E-state index is 12.8. The standard InChI is InChI=1S/C46H81O13P/c1-3-5-7-9-11-13-15-16-17-18-19-20-21-22-23-24-25-27-29-31-33-35-40(48)58-38(36-56-39(47)34-32-30-28-26-14-12-10-8-6-4-2)37-57-60(54,55)59-46-44(52)42(50)41(49)43(51)45(46)53/h5,7,11,13,16-17,19-20,38,41-46,49-53H,3-4,6,8-10,12,14-15,18,21-37H2,1-2H3,(H,54,55)/b7-5-,13-11-,17-16-,20-19-. The molecule has 6 unspecified atom stereocenters. The monoisotopic (exact) mass is 873 g/mol. The van der Waals surface area contributed by atoms with Crippen LogP contribution in [0.25, 0.3) is 0 Å². The van der Waals surface area contributed by atoms with Gasteiger partial charge in [-0.3, -0.25) is 18.6 Å². The molecule has 0 aliphatic heterocycles. The van der Waals surface area contributed by atoms with Gasteiger partial charge < -0.3 is 39.9 Å². The van der Waals surface area contributed by atoms with Crippen molar-refractivity contribution in [3.05, 3.63) is 48.6 Å². The topological polar surface area (TPSA) is 210 Å². The van der Waals surface area contributed by atoms with E-state index in [-0.39, 0.29) is 12.8 Å². The number of allylic oxidation sites excluding steroid dienone is 8. The molecule has 0 bridgehead atoms. The van der Waals surface area contributed by atoms with Crippen LogP contribution in [0.15, 0.2) is 48.6 Å². The predicted octanol–water partition coefficient (Wildman–Crippen LogP) is 8.78. The van der Waals surface area contributed by atoms with Crippen LogP contribution in [-0.4, -0.2) is 98.3 Å². The zero-order valence-corrected chi connectivity index (χ0v) is 37.6. The van der Waals surface area contributed by atoms with Gasteiger partial charge in [0.05, 0.1) is 6.61 Å². The molecule has 0 spiro atoms. The molecule has 348 valence electrons. The molecule has 60 heavy (non-hydrogen) atoms. The van der Waals surface area contributed by atoms with Crippen molar-refractivity contribution in [3.63, 3.8) is 0 Å². The van der Waals surface area contributed by atoms with Crippen molar-refractivity contribution < 1.29 is 63.1 Å². The Morgan fingerprint density at radius 3 is 1.45 bits per heavy atom. The Balaban J connectivity index is 2.42. The normalized spacial score (nSPS) is 22.6. The van der Waals surface area contributed by atoms with Crippen LogP contribution in [0.1, 0.15) is 174 Å². The van der Waals surface area contributed by atoms with Crippen LogP contribution < -0.4 is 0 Å². The summed E-state index contributed by atoms with van der Waals surface area (Å²) in [5.41, 5.74) is 0. The summed E-state index contributed by atoms with van der Waals surface area (Å²) in [5.74, 6) is -1.11. The Bertz CT molecular complexity index is 1240. The van der Waals surface area contributed by atoms with Crippen LogP contribution in [0.4, 0.5) is 0 Å². The van der Waals surface area contributed by atoms with Gasteiger partial charge in [-0.05, 0) is 51.4 Å². The molecule has 1 aliphatic rings. The quantitative estimate of drug-likeness (QED) is 0.0149. The lowest BCUT2D eigenvalue weighted by Gasteiger charge is -2.41. The van der Waals surface area contributed by atoms with Crippen LogP contribution in [-0.2, 0) is 32.7 Å². The molecular weight excluding hydrogens is 791 g/mol. The van der Waals surface area contributed by atoms with Crippen molar-refractivity contribution in [1.82, 2.24) is 0 Å². The molecule has 0 heterocycles. The van der Waals surface area contributed by atoms with Crippen molar-refractivity contribution in [3.8, 4) is 0 Å². The molecule has 14 heteroatoms. The minimum absolute atomic E-state index is 0.0871. The molecule has 0 aromatic rings. The van der Waals surface area contributed by atoms with Crippen LogP contribution in [0.2, 0.25) is 0 Å². The number of rotatable bonds is 37. The smallest absolute Gasteiger partial charge is 0.462 e. The summed E-state index contributed by atoms with van der Waals surface area (Å²) in [6, 6.07) is 0. The molecular formula is C46H81O13P. The highest BCUT2D eigenvalue weighted by molar-refractivity contribution is 7.47. The number of aliphatic hydroxyl groups excluding tert-OH is 5. The fraction of sp³-hybridized carbons (Fsp3) is 0.783. The van der Waals surface area contributed by atoms with E-state index in [2.05, 4.69) is 62.5 Å². The second kappa shape index (κ2) is 36.3. The van der Waals surface area contributed by atoms with E-state index in [0.717, 1.165) is 89.9 Å². The number of phosphoric ester groups is 1. The van der Waals surface area contributed by atoms with Crippen molar-refractivity contribution in [2.24, 2.45) is 0 Å². The molecule has 1 rings (SSSR count). The first kappa shape index (κ1) is 55.8. The summed E-state index contributed by atoms with van der Waals surface area (Å²) in [4.78, 5) is 35.6. The summed E-state index contributed by atoms with van der Waals surface area (Å²) < 4.78 is 33.5. The van der Waals surface area contributed by atoms with E-state index < -0.39 is 75.7 Å². The van der Waals surface area contributed by atoms with E-state index >= 15 is 0 Å². The SMILES string of the molecule is CC/C=C\C/C=C\C/C=C\C/C=C\CCCCCCCCCCC(=O)OC(COC(=O)CCCCCCCCCCCC)COP(=O)(O)OC1C(O)C(O)C(O)C(O)C1O. The van der Waals surface area contributed by atoms with E-state index in [1.54, 1.807) is 0 Å². The minimum Gasteiger partial charge on any atom is -0.462 e. The number of carbonyl (C=O) groups is 2. The summed E-state index contributed by atoms with van der Waals surface area (Å²) in [6.45, 7) is 3.16. The van der Waals surface area contributed by atoms with Gasteiger partial charge in [0.1, 0.15) is 43.2 Å². The number of ether oxygens (including phenoxy) is 2. The van der Waals surface area contributed by atoms with Crippen LogP contribution in [0, 0.1) is 0 Å². The first-order valence-corrected chi connectivity index (χ1v) is 24.4. The molecule has 0 amide bonds. The summed E-state index contributed by atoms with van der Waals surface area (Å²) >= 11 is 0. The van der Waals surface area contributed by atoms with Gasteiger partial charge in [0.15, 0.2) is 6.10 Å². The Kier molecular flexibility index (Phi) is 33.8. The Morgan fingerprint density at radius 2 is 0.950 bits per heavy atom. The first-order chi connectivity index (χ1) is 28.9. The average molecular weight is 873 g/mol. The number of aliphatic hydroxyl groups is 5. The second-order valence-electron chi connectivity index (χ2n) is 15.9. The molecule has 6 N–H and O–H groups in total.